The van der Waals surface area contributed by atoms with E-state index in [1.165, 1.54) is 48.2 Å². The lowest BCUT2D eigenvalue weighted by Crippen LogP contribution is -2.48. The van der Waals surface area contributed by atoms with Gasteiger partial charge in [0.2, 0.25) is 11.9 Å². The maximum absolute atomic E-state index is 11.6. The molecular formula is C27H34N6O. The molecule has 0 unspecified atom stereocenters. The van der Waals surface area contributed by atoms with Crippen LogP contribution in [-0.4, -0.2) is 54.0 Å². The zero-order chi connectivity index (χ0) is 23.7. The van der Waals surface area contributed by atoms with Crippen LogP contribution in [0.2, 0.25) is 0 Å². The van der Waals surface area contributed by atoms with Gasteiger partial charge in [-0.3, -0.25) is 4.79 Å². The summed E-state index contributed by atoms with van der Waals surface area (Å²) in [5, 5.41) is 7.95. The SMILES string of the molecule is CNc1cc(C)c2cnc(Nc3ccc(N4CCN(C(C)=O)CC4)cc3)nc2c1C1CCCC1. The third kappa shape index (κ3) is 4.39. The molecule has 1 amide bonds. The Labute approximate surface area is 201 Å². The van der Waals surface area contributed by atoms with Crippen molar-refractivity contribution in [3.63, 3.8) is 0 Å². The first-order chi connectivity index (χ1) is 16.5. The number of anilines is 4. The van der Waals surface area contributed by atoms with Crippen LogP contribution in [0.3, 0.4) is 0 Å². The quantitative estimate of drug-likeness (QED) is 0.557. The van der Waals surface area contributed by atoms with Crippen molar-refractivity contribution < 1.29 is 4.79 Å². The molecule has 7 nitrogen and oxygen atoms in total. The number of carbonyl (C=O) groups is 1. The van der Waals surface area contributed by atoms with E-state index >= 15 is 0 Å². The highest BCUT2D eigenvalue weighted by atomic mass is 16.2. The molecule has 0 spiro atoms. The molecule has 1 saturated carbocycles. The summed E-state index contributed by atoms with van der Waals surface area (Å²) >= 11 is 0. The van der Waals surface area contributed by atoms with Crippen LogP contribution in [0.25, 0.3) is 10.9 Å². The highest BCUT2D eigenvalue weighted by molar-refractivity contribution is 5.90. The van der Waals surface area contributed by atoms with Crippen LogP contribution >= 0.6 is 0 Å². The predicted molar refractivity (Wildman–Crippen MR) is 139 cm³/mol. The fourth-order valence-corrected chi connectivity index (χ4v) is 5.43. The molecular weight excluding hydrogens is 424 g/mol. The molecule has 7 heteroatoms. The number of aromatic nitrogens is 2. The van der Waals surface area contributed by atoms with E-state index in [-0.39, 0.29) is 5.91 Å². The van der Waals surface area contributed by atoms with Gasteiger partial charge in [-0.1, -0.05) is 12.8 Å². The average Bonchev–Trinajstić information content (AvgIpc) is 3.39. The van der Waals surface area contributed by atoms with Crippen LogP contribution < -0.4 is 15.5 Å². The highest BCUT2D eigenvalue weighted by Crippen LogP contribution is 2.42. The van der Waals surface area contributed by atoms with E-state index in [2.05, 4.69) is 57.8 Å². The molecule has 178 valence electrons. The number of nitrogens with one attached hydrogen (secondary N) is 2. The van der Waals surface area contributed by atoms with Crippen molar-refractivity contribution in [3.05, 3.63) is 47.7 Å². The van der Waals surface area contributed by atoms with Gasteiger partial charge in [0.1, 0.15) is 0 Å². The van der Waals surface area contributed by atoms with E-state index < -0.39 is 0 Å². The van der Waals surface area contributed by atoms with E-state index in [0.717, 1.165) is 42.8 Å². The first kappa shape index (κ1) is 22.4. The molecule has 34 heavy (non-hydrogen) atoms. The molecule has 2 heterocycles. The molecule has 0 bridgehead atoms. The van der Waals surface area contributed by atoms with Crippen molar-refractivity contribution in [2.75, 3.05) is 48.8 Å². The minimum atomic E-state index is 0.155. The van der Waals surface area contributed by atoms with Crippen LogP contribution in [0.1, 0.15) is 49.7 Å². The molecule has 2 aliphatic rings. The summed E-state index contributed by atoms with van der Waals surface area (Å²) in [5.74, 6) is 1.33. The van der Waals surface area contributed by atoms with Gasteiger partial charge in [-0.15, -0.1) is 0 Å². The Kier molecular flexibility index (Phi) is 6.26. The Balaban J connectivity index is 1.38. The normalized spacial score (nSPS) is 16.8. The van der Waals surface area contributed by atoms with Crippen molar-refractivity contribution in [2.45, 2.75) is 45.4 Å². The highest BCUT2D eigenvalue weighted by Gasteiger charge is 2.24. The number of amides is 1. The largest absolute Gasteiger partial charge is 0.388 e. The number of rotatable bonds is 5. The molecule has 3 aromatic rings. The molecule has 1 aliphatic heterocycles. The fourth-order valence-electron chi connectivity index (χ4n) is 5.43. The predicted octanol–water partition coefficient (Wildman–Crippen LogP) is 5.05. The van der Waals surface area contributed by atoms with E-state index in [1.54, 1.807) is 6.92 Å². The number of piperazine rings is 1. The number of benzene rings is 2. The van der Waals surface area contributed by atoms with Gasteiger partial charge in [-0.25, -0.2) is 9.97 Å². The number of hydrogen-bond acceptors (Lipinski definition) is 6. The van der Waals surface area contributed by atoms with Crippen molar-refractivity contribution in [2.24, 2.45) is 0 Å². The smallest absolute Gasteiger partial charge is 0.227 e. The van der Waals surface area contributed by atoms with Gasteiger partial charge >= 0.3 is 0 Å². The lowest BCUT2D eigenvalue weighted by Gasteiger charge is -2.35. The van der Waals surface area contributed by atoms with Crippen molar-refractivity contribution in [3.8, 4) is 0 Å². The maximum atomic E-state index is 11.6. The van der Waals surface area contributed by atoms with Crippen molar-refractivity contribution in [1.29, 1.82) is 0 Å². The Morgan fingerprint density at radius 3 is 2.41 bits per heavy atom. The number of nitrogens with zero attached hydrogens (tertiary/aromatic N) is 4. The number of carbonyl (C=O) groups excluding carboxylic acids is 1. The average molecular weight is 459 g/mol. The summed E-state index contributed by atoms with van der Waals surface area (Å²) in [7, 11) is 2.00. The second kappa shape index (κ2) is 9.49. The van der Waals surface area contributed by atoms with Crippen molar-refractivity contribution >= 4 is 39.8 Å². The molecule has 2 aromatic carbocycles. The first-order valence-electron chi connectivity index (χ1n) is 12.4. The molecule has 2 N–H and O–H groups in total. The van der Waals surface area contributed by atoms with E-state index in [4.69, 9.17) is 4.98 Å². The standard InChI is InChI=1S/C27H34N6O/c1-18-16-24(28-3)25(20-6-4-5-7-20)26-23(18)17-29-27(31-26)30-21-8-10-22(11-9-21)33-14-12-32(13-15-33)19(2)34/h8-11,16-17,20,28H,4-7,12-15H2,1-3H3,(H,29,30,31). The van der Waals surface area contributed by atoms with E-state index in [1.807, 2.05) is 18.1 Å². The number of fused-ring (bicyclic) bond motifs is 1. The summed E-state index contributed by atoms with van der Waals surface area (Å²) in [4.78, 5) is 25.5. The van der Waals surface area contributed by atoms with Crippen LogP contribution in [0, 0.1) is 6.92 Å². The Morgan fingerprint density at radius 2 is 1.76 bits per heavy atom. The van der Waals surface area contributed by atoms with Gasteiger partial charge in [0.25, 0.3) is 0 Å². The lowest BCUT2D eigenvalue weighted by atomic mass is 9.91. The fraction of sp³-hybridized carbons (Fsp3) is 0.444. The van der Waals surface area contributed by atoms with Gasteiger partial charge in [0.15, 0.2) is 0 Å². The van der Waals surface area contributed by atoms with Crippen LogP contribution in [0.5, 0.6) is 0 Å². The second-order valence-electron chi connectivity index (χ2n) is 9.51. The van der Waals surface area contributed by atoms with Crippen LogP contribution in [0.4, 0.5) is 23.0 Å². The third-order valence-electron chi connectivity index (χ3n) is 7.37. The third-order valence-corrected chi connectivity index (χ3v) is 7.37. The summed E-state index contributed by atoms with van der Waals surface area (Å²) in [6, 6.07) is 10.6. The monoisotopic (exact) mass is 458 g/mol. The Morgan fingerprint density at radius 1 is 1.06 bits per heavy atom. The Hall–Kier alpha value is -3.35. The van der Waals surface area contributed by atoms with Crippen molar-refractivity contribution in [1.82, 2.24) is 14.9 Å². The van der Waals surface area contributed by atoms with Gasteiger partial charge in [-0.05, 0) is 61.6 Å². The minimum Gasteiger partial charge on any atom is -0.388 e. The molecule has 5 rings (SSSR count). The van der Waals surface area contributed by atoms with Crippen LogP contribution in [0.15, 0.2) is 36.5 Å². The number of aryl methyl sites for hydroxylation is 1. The van der Waals surface area contributed by atoms with E-state index in [0.29, 0.717) is 11.9 Å². The lowest BCUT2D eigenvalue weighted by molar-refractivity contribution is -0.129. The molecule has 2 fully saturated rings. The zero-order valence-corrected chi connectivity index (χ0v) is 20.4. The van der Waals surface area contributed by atoms with Gasteiger partial charge in [-0.2, -0.15) is 0 Å². The second-order valence-corrected chi connectivity index (χ2v) is 9.51. The molecule has 0 radical (unpaired) electrons. The topological polar surface area (TPSA) is 73.4 Å². The van der Waals surface area contributed by atoms with E-state index in [9.17, 15) is 4.79 Å². The summed E-state index contributed by atoms with van der Waals surface area (Å²) in [5.41, 5.74) is 6.93. The molecule has 0 atom stereocenters. The molecule has 1 aromatic heterocycles. The summed E-state index contributed by atoms with van der Waals surface area (Å²) in [6.45, 7) is 7.04. The molecule has 1 aliphatic carbocycles. The van der Waals surface area contributed by atoms with Crippen LogP contribution in [-0.2, 0) is 4.79 Å². The minimum absolute atomic E-state index is 0.155. The number of hydrogen-bond donors (Lipinski definition) is 2. The summed E-state index contributed by atoms with van der Waals surface area (Å²) in [6.07, 6.45) is 6.98. The van der Waals surface area contributed by atoms with Gasteiger partial charge in [0.05, 0.1) is 5.52 Å². The zero-order valence-electron chi connectivity index (χ0n) is 20.4. The van der Waals surface area contributed by atoms with Gasteiger partial charge < -0.3 is 20.4 Å². The maximum Gasteiger partial charge on any atom is 0.227 e. The Bertz CT molecular complexity index is 1180. The summed E-state index contributed by atoms with van der Waals surface area (Å²) < 4.78 is 0. The molecule has 1 saturated heterocycles. The first-order valence-corrected chi connectivity index (χ1v) is 12.4. The van der Waals surface area contributed by atoms with Gasteiger partial charge in [0, 0.05) is 74.4 Å².